The molecule has 0 saturated carbocycles. The molecule has 45 heavy (non-hydrogen) atoms. The summed E-state index contributed by atoms with van der Waals surface area (Å²) in [6, 6.07) is 0. The summed E-state index contributed by atoms with van der Waals surface area (Å²) in [5.41, 5.74) is 0. The van der Waals surface area contributed by atoms with E-state index in [1.54, 1.807) is 18.2 Å². The molecule has 0 heterocycles. The first-order valence-corrected chi connectivity index (χ1v) is 18.4. The number of phosphoric acid groups is 1. The molecule has 0 saturated heterocycles. The Kier molecular flexibility index (Phi) is 28.1. The number of hydrogen-bond donors (Lipinski definition) is 3. The van der Waals surface area contributed by atoms with E-state index in [0.717, 1.165) is 38.0 Å². The number of aliphatic hydroxyl groups excluding tert-OH is 1. The zero-order chi connectivity index (χ0) is 33.6. The number of esters is 2. The van der Waals surface area contributed by atoms with Gasteiger partial charge in [-0.1, -0.05) is 121 Å². The first-order chi connectivity index (χ1) is 21.5. The van der Waals surface area contributed by atoms with Crippen molar-refractivity contribution in [1.82, 2.24) is 0 Å². The van der Waals surface area contributed by atoms with E-state index >= 15 is 0 Å². The summed E-state index contributed by atoms with van der Waals surface area (Å²) in [7, 11) is -4.78. The maximum absolute atomic E-state index is 12.3. The molecule has 0 aliphatic rings. The molecule has 0 amide bonds. The number of phosphoric ester groups is 1. The number of rotatable bonds is 29. The van der Waals surface area contributed by atoms with Crippen molar-refractivity contribution in [3.05, 3.63) is 48.6 Å². The minimum Gasteiger partial charge on any atom is -0.462 e. The highest BCUT2D eigenvalue weighted by atomic mass is 31.2. The fourth-order valence-electron chi connectivity index (χ4n) is 4.28. The minimum absolute atomic E-state index is 0.0754. The summed E-state index contributed by atoms with van der Waals surface area (Å²) >= 11 is 0. The van der Waals surface area contributed by atoms with Gasteiger partial charge in [0.05, 0.1) is 12.7 Å². The maximum Gasteiger partial charge on any atom is 0.469 e. The molecule has 0 aliphatic carbocycles. The standard InChI is InChI=1S/C35H61O9P/c1-4-5-6-7-8-9-10-15-20-25-32(36)26-21-16-13-18-23-28-35(38)44-33(30-43-45(39,40)41)29-42-34(37)27-22-17-12-11-14-19-24-31(2)3/h8-9,13,15-16,20-21,26,31-33,36H,4-7,10-12,14,17-19,22-25,27-30H2,1-3H3,(H2,39,40,41)/b9-8-,16-13+,20-15-,26-21-/t32?,33-/m1/s1. The van der Waals surface area contributed by atoms with Crippen LogP contribution in [-0.2, 0) is 28.2 Å². The first kappa shape index (κ1) is 43.0. The molecule has 260 valence electrons. The van der Waals surface area contributed by atoms with Gasteiger partial charge < -0.3 is 24.4 Å². The van der Waals surface area contributed by atoms with Crippen molar-refractivity contribution < 1.29 is 43.0 Å². The van der Waals surface area contributed by atoms with Crippen molar-refractivity contribution in [3.63, 3.8) is 0 Å². The molecule has 10 heteroatoms. The molecule has 0 fully saturated rings. The van der Waals surface area contributed by atoms with E-state index in [1.165, 1.54) is 38.5 Å². The molecule has 2 atom stereocenters. The predicted octanol–water partition coefficient (Wildman–Crippen LogP) is 8.44. The van der Waals surface area contributed by atoms with Gasteiger partial charge in [-0.3, -0.25) is 14.1 Å². The Morgan fingerprint density at radius 2 is 1.42 bits per heavy atom. The number of ether oxygens (including phenoxy) is 2. The summed E-state index contributed by atoms with van der Waals surface area (Å²) in [5.74, 6) is -0.302. The average Bonchev–Trinajstić information content (AvgIpc) is 2.97. The average molecular weight is 657 g/mol. The van der Waals surface area contributed by atoms with Gasteiger partial charge in [-0.2, -0.15) is 0 Å². The van der Waals surface area contributed by atoms with Crippen LogP contribution < -0.4 is 0 Å². The summed E-state index contributed by atoms with van der Waals surface area (Å²) in [6.45, 7) is 5.72. The van der Waals surface area contributed by atoms with Gasteiger partial charge >= 0.3 is 19.8 Å². The third kappa shape index (κ3) is 33.2. The second kappa shape index (κ2) is 29.4. The highest BCUT2D eigenvalue weighted by Crippen LogP contribution is 2.35. The Bertz CT molecular complexity index is 905. The van der Waals surface area contributed by atoms with Crippen LogP contribution in [0.15, 0.2) is 48.6 Å². The SMILES string of the molecule is CCCCC/C=C\C/C=C\CC(O)/C=C\C=C\CCCC(=O)O[C@H](COC(=O)CCCCCCCCC(C)C)COP(=O)(O)O. The summed E-state index contributed by atoms with van der Waals surface area (Å²) < 4.78 is 26.1. The van der Waals surface area contributed by atoms with Gasteiger partial charge in [0.1, 0.15) is 6.61 Å². The van der Waals surface area contributed by atoms with E-state index in [1.807, 2.05) is 18.2 Å². The van der Waals surface area contributed by atoms with Crippen molar-refractivity contribution in [2.45, 2.75) is 142 Å². The molecule has 0 radical (unpaired) electrons. The first-order valence-electron chi connectivity index (χ1n) is 16.9. The van der Waals surface area contributed by atoms with Crippen LogP contribution in [0.25, 0.3) is 0 Å². The third-order valence-corrected chi connectivity index (χ3v) is 7.34. The maximum atomic E-state index is 12.3. The van der Waals surface area contributed by atoms with Crippen LogP contribution in [-0.4, -0.2) is 52.3 Å². The number of unbranched alkanes of at least 4 members (excludes halogenated alkanes) is 9. The third-order valence-electron chi connectivity index (χ3n) is 6.86. The van der Waals surface area contributed by atoms with Gasteiger partial charge in [-0.15, -0.1) is 0 Å². The van der Waals surface area contributed by atoms with Gasteiger partial charge in [-0.05, 0) is 50.9 Å². The van der Waals surface area contributed by atoms with Crippen LogP contribution in [0.2, 0.25) is 0 Å². The predicted molar refractivity (Wildman–Crippen MR) is 180 cm³/mol. The van der Waals surface area contributed by atoms with E-state index < -0.39 is 38.6 Å². The molecule has 9 nitrogen and oxygen atoms in total. The second-order valence-corrected chi connectivity index (χ2v) is 13.1. The lowest BCUT2D eigenvalue weighted by Crippen LogP contribution is -2.29. The van der Waals surface area contributed by atoms with Gasteiger partial charge in [0.25, 0.3) is 0 Å². The molecular weight excluding hydrogens is 595 g/mol. The Balaban J connectivity index is 4.25. The second-order valence-electron chi connectivity index (χ2n) is 11.8. The molecule has 3 N–H and O–H groups in total. The van der Waals surface area contributed by atoms with Gasteiger partial charge in [-0.25, -0.2) is 4.57 Å². The molecule has 1 unspecified atom stereocenters. The Morgan fingerprint density at radius 1 is 0.756 bits per heavy atom. The molecule has 0 rings (SSSR count). The van der Waals surface area contributed by atoms with E-state index in [-0.39, 0.29) is 19.4 Å². The number of hydrogen-bond acceptors (Lipinski definition) is 7. The molecule has 0 aliphatic heterocycles. The Hall–Kier alpha value is -2.03. The fraction of sp³-hybridized carbons (Fsp3) is 0.714. The molecule has 0 aromatic carbocycles. The highest BCUT2D eigenvalue weighted by molar-refractivity contribution is 7.46. The quantitative estimate of drug-likeness (QED) is 0.0238. The monoisotopic (exact) mass is 656 g/mol. The van der Waals surface area contributed by atoms with Crippen LogP contribution in [0.4, 0.5) is 0 Å². The molecule has 0 spiro atoms. The normalized spacial score (nSPS) is 13.9. The van der Waals surface area contributed by atoms with Crippen LogP contribution in [0.3, 0.4) is 0 Å². The van der Waals surface area contributed by atoms with Crippen LogP contribution >= 0.6 is 7.82 Å². The lowest BCUT2D eigenvalue weighted by molar-refractivity contribution is -0.161. The van der Waals surface area contributed by atoms with Crippen molar-refractivity contribution >= 4 is 19.8 Å². The minimum atomic E-state index is -4.78. The van der Waals surface area contributed by atoms with E-state index in [9.17, 15) is 19.3 Å². The van der Waals surface area contributed by atoms with E-state index in [4.69, 9.17) is 19.3 Å². The molecule has 0 aromatic heterocycles. The Morgan fingerprint density at radius 3 is 2.13 bits per heavy atom. The molecular formula is C35H61O9P. The van der Waals surface area contributed by atoms with Gasteiger partial charge in [0.2, 0.25) is 0 Å². The van der Waals surface area contributed by atoms with Crippen LogP contribution in [0.5, 0.6) is 0 Å². The zero-order valence-electron chi connectivity index (χ0n) is 28.0. The lowest BCUT2D eigenvalue weighted by atomic mass is 10.0. The van der Waals surface area contributed by atoms with E-state index in [0.29, 0.717) is 25.7 Å². The molecule has 0 aromatic rings. The number of allylic oxidation sites excluding steroid dienone is 6. The van der Waals surface area contributed by atoms with Gasteiger partial charge in [0.15, 0.2) is 6.10 Å². The zero-order valence-corrected chi connectivity index (χ0v) is 28.9. The fourth-order valence-corrected chi connectivity index (χ4v) is 4.64. The van der Waals surface area contributed by atoms with Crippen molar-refractivity contribution in [3.8, 4) is 0 Å². The van der Waals surface area contributed by atoms with Crippen LogP contribution in [0, 0.1) is 5.92 Å². The lowest BCUT2D eigenvalue weighted by Gasteiger charge is -2.18. The number of carbonyl (C=O) groups excluding carboxylic acids is 2. The molecule has 0 bridgehead atoms. The summed E-state index contributed by atoms with van der Waals surface area (Å²) in [6.07, 6.45) is 29.0. The highest BCUT2D eigenvalue weighted by Gasteiger charge is 2.22. The largest absolute Gasteiger partial charge is 0.469 e. The van der Waals surface area contributed by atoms with Crippen LogP contribution in [0.1, 0.15) is 130 Å². The summed E-state index contributed by atoms with van der Waals surface area (Å²) in [5, 5.41) is 10.0. The van der Waals surface area contributed by atoms with E-state index in [2.05, 4.69) is 37.4 Å². The van der Waals surface area contributed by atoms with Crippen molar-refractivity contribution in [2.75, 3.05) is 13.2 Å². The topological polar surface area (TPSA) is 140 Å². The Labute approximate surface area is 272 Å². The van der Waals surface area contributed by atoms with Crippen molar-refractivity contribution in [2.24, 2.45) is 5.92 Å². The number of aliphatic hydroxyl groups is 1. The van der Waals surface area contributed by atoms with Crippen molar-refractivity contribution in [1.29, 1.82) is 0 Å². The number of carbonyl (C=O) groups is 2. The summed E-state index contributed by atoms with van der Waals surface area (Å²) in [4.78, 5) is 42.4. The smallest absolute Gasteiger partial charge is 0.462 e. The van der Waals surface area contributed by atoms with Gasteiger partial charge in [0, 0.05) is 12.8 Å².